The van der Waals surface area contributed by atoms with E-state index in [-0.39, 0.29) is 54.7 Å². The largest absolute Gasteiger partial charge is 0.455 e. The summed E-state index contributed by atoms with van der Waals surface area (Å²) in [5.41, 5.74) is 0.592. The Morgan fingerprint density at radius 1 is 1.17 bits per heavy atom. The number of nitrogens with zero attached hydrogens (tertiary/aromatic N) is 3. The van der Waals surface area contributed by atoms with Gasteiger partial charge in [0.2, 0.25) is 5.91 Å². The molecule has 6 atom stereocenters. The topological polar surface area (TPSA) is 129 Å². The number of thiazole rings is 1. The molecule has 1 aliphatic rings. The number of amides is 2. The van der Waals surface area contributed by atoms with Gasteiger partial charge in [0.15, 0.2) is 11.9 Å². The van der Waals surface area contributed by atoms with Gasteiger partial charge in [0, 0.05) is 44.2 Å². The van der Waals surface area contributed by atoms with E-state index in [2.05, 4.69) is 15.2 Å². The number of ketones is 1. The lowest BCUT2D eigenvalue weighted by Crippen LogP contribution is -2.50. The van der Waals surface area contributed by atoms with Crippen LogP contribution in [-0.4, -0.2) is 88.3 Å². The maximum atomic E-state index is 14.2. The van der Waals surface area contributed by atoms with E-state index in [0.29, 0.717) is 11.4 Å². The highest BCUT2D eigenvalue weighted by Crippen LogP contribution is 2.35. The van der Waals surface area contributed by atoms with Crippen LogP contribution in [-0.2, 0) is 25.5 Å². The summed E-state index contributed by atoms with van der Waals surface area (Å²) in [6.45, 7) is 12.0. The number of Topliss-reactive ketones (excluding diaryl/α,β-unsaturated/α-hetero) is 1. The van der Waals surface area contributed by atoms with Gasteiger partial charge >= 0.3 is 5.97 Å². The van der Waals surface area contributed by atoms with Gasteiger partial charge < -0.3 is 20.1 Å². The Hall–Kier alpha value is -3.15. The normalized spacial score (nSPS) is 19.9. The number of benzene rings is 1. The van der Waals surface area contributed by atoms with Gasteiger partial charge in [0.1, 0.15) is 10.7 Å². The Labute approximate surface area is 284 Å². The van der Waals surface area contributed by atoms with Crippen molar-refractivity contribution in [2.75, 3.05) is 27.2 Å². The van der Waals surface area contributed by atoms with E-state index < -0.39 is 35.5 Å². The number of nitrogens with one attached hydrogen (secondary N) is 1. The van der Waals surface area contributed by atoms with Crippen molar-refractivity contribution < 1.29 is 29.0 Å². The molecule has 260 valence electrons. The Kier molecular flexibility index (Phi) is 14.1. The number of rotatable bonds is 17. The van der Waals surface area contributed by atoms with Gasteiger partial charge in [-0.05, 0) is 57.2 Å². The van der Waals surface area contributed by atoms with Crippen molar-refractivity contribution in [3.05, 3.63) is 52.0 Å². The van der Waals surface area contributed by atoms with Crippen molar-refractivity contribution in [2.45, 2.75) is 104 Å². The Balaban J connectivity index is 1.79. The van der Waals surface area contributed by atoms with Crippen molar-refractivity contribution in [1.82, 2.24) is 20.1 Å². The lowest BCUT2D eigenvalue weighted by atomic mass is 9.80. The summed E-state index contributed by atoms with van der Waals surface area (Å²) in [5, 5.41) is 14.8. The number of esters is 1. The molecule has 1 unspecified atom stereocenters. The van der Waals surface area contributed by atoms with E-state index >= 15 is 0 Å². The number of likely N-dealkylation sites (N-methyl/N-ethyl adjacent to an activating group) is 1. The smallest absolute Gasteiger partial charge is 0.303 e. The third-order valence-electron chi connectivity index (χ3n) is 9.94. The Bertz CT molecular complexity index is 1350. The summed E-state index contributed by atoms with van der Waals surface area (Å²) >= 11 is 1.21. The molecule has 1 aromatic heterocycles. The highest BCUT2D eigenvalue weighted by molar-refractivity contribution is 7.09. The van der Waals surface area contributed by atoms with E-state index in [0.717, 1.165) is 31.4 Å². The van der Waals surface area contributed by atoms with Crippen LogP contribution in [0.3, 0.4) is 0 Å². The molecule has 0 spiro atoms. The highest BCUT2D eigenvalue weighted by Gasteiger charge is 2.43. The third kappa shape index (κ3) is 9.93. The van der Waals surface area contributed by atoms with Gasteiger partial charge in [-0.15, -0.1) is 11.3 Å². The summed E-state index contributed by atoms with van der Waals surface area (Å²) in [7, 11) is 3.74. The van der Waals surface area contributed by atoms with E-state index in [4.69, 9.17) is 4.74 Å². The number of hydrogen-bond donors (Lipinski definition) is 2. The molecule has 0 aliphatic carbocycles. The van der Waals surface area contributed by atoms with Crippen molar-refractivity contribution in [1.29, 1.82) is 0 Å². The summed E-state index contributed by atoms with van der Waals surface area (Å²) in [4.78, 5) is 61.6. The Morgan fingerprint density at radius 3 is 2.40 bits per heavy atom. The van der Waals surface area contributed by atoms with Gasteiger partial charge in [-0.25, -0.2) is 4.98 Å². The van der Waals surface area contributed by atoms with Crippen LogP contribution in [0.25, 0.3) is 0 Å². The maximum Gasteiger partial charge on any atom is 0.303 e. The van der Waals surface area contributed by atoms with Crippen LogP contribution in [0.5, 0.6) is 0 Å². The van der Waals surface area contributed by atoms with Gasteiger partial charge in [-0.2, -0.15) is 0 Å². The number of aliphatic hydroxyl groups excluding tert-OH is 1. The second kappa shape index (κ2) is 17.3. The summed E-state index contributed by atoms with van der Waals surface area (Å²) in [6.07, 6.45) is 2.66. The van der Waals surface area contributed by atoms with E-state index in [9.17, 15) is 24.3 Å². The second-order valence-corrected chi connectivity index (χ2v) is 14.5. The predicted octanol–water partition coefficient (Wildman–Crippen LogP) is 5.06. The number of ether oxygens (including phenoxy) is 1. The van der Waals surface area contributed by atoms with E-state index in [1.165, 1.54) is 18.3 Å². The molecule has 2 amide bonds. The van der Waals surface area contributed by atoms with Crippen LogP contribution in [0, 0.1) is 17.8 Å². The molecule has 10 nitrogen and oxygen atoms in total. The fraction of sp³-hybridized carbons (Fsp3) is 0.639. The highest BCUT2D eigenvalue weighted by atomic mass is 32.1. The zero-order valence-electron chi connectivity index (χ0n) is 29.3. The molecule has 1 saturated heterocycles. The molecule has 2 heterocycles. The van der Waals surface area contributed by atoms with Crippen LogP contribution in [0.15, 0.2) is 35.7 Å². The molecular formula is C36H54N4O6S. The molecule has 1 aromatic carbocycles. The average molecular weight is 671 g/mol. The minimum absolute atomic E-state index is 0.000180. The average Bonchev–Trinajstić information content (AvgIpc) is 3.67. The number of aromatic nitrogens is 1. The lowest BCUT2D eigenvalue weighted by molar-refractivity contribution is -0.149. The molecule has 47 heavy (non-hydrogen) atoms. The number of carbonyl (C=O) groups excluding carboxylic acids is 4. The summed E-state index contributed by atoms with van der Waals surface area (Å²) in [5.74, 6) is -1.38. The van der Waals surface area contributed by atoms with Crippen LogP contribution in [0.1, 0.15) is 101 Å². The van der Waals surface area contributed by atoms with Crippen molar-refractivity contribution in [3.63, 3.8) is 0 Å². The first kappa shape index (κ1) is 38.3. The molecule has 0 bridgehead atoms. The number of hydrogen-bond acceptors (Lipinski definition) is 9. The monoisotopic (exact) mass is 670 g/mol. The number of aliphatic hydroxyl groups is 1. The Morgan fingerprint density at radius 2 is 1.85 bits per heavy atom. The maximum absolute atomic E-state index is 14.2. The first-order valence-electron chi connectivity index (χ1n) is 16.8. The number of likely N-dealkylation sites (tertiary alicyclic amines) is 1. The molecule has 11 heteroatoms. The lowest BCUT2D eigenvalue weighted by Gasteiger charge is -2.38. The fourth-order valence-electron chi connectivity index (χ4n) is 6.47. The number of carbonyl (C=O) groups is 4. The SMILES string of the molecule is CC[C@H](C)[C@H](CC(=O)[C@@]1(C)CCCN1C)C(=O)N(C)[C@H](C[C@@H](OC(C)=O)c1nc(C(=O)NC(CO)Cc2ccccc2)cs1)C(C)C. The van der Waals surface area contributed by atoms with Crippen molar-refractivity contribution in [3.8, 4) is 0 Å². The predicted molar refractivity (Wildman–Crippen MR) is 184 cm³/mol. The molecular weight excluding hydrogens is 616 g/mol. The molecule has 1 aliphatic heterocycles. The van der Waals surface area contributed by atoms with E-state index in [1.807, 2.05) is 72.0 Å². The minimum atomic E-state index is -0.783. The molecule has 1 fully saturated rings. The van der Waals surface area contributed by atoms with E-state index in [1.54, 1.807) is 17.3 Å². The summed E-state index contributed by atoms with van der Waals surface area (Å²) in [6, 6.07) is 8.76. The molecule has 0 saturated carbocycles. The van der Waals surface area contributed by atoms with Crippen LogP contribution in [0.2, 0.25) is 0 Å². The van der Waals surface area contributed by atoms with Gasteiger partial charge in [0.05, 0.1) is 18.2 Å². The summed E-state index contributed by atoms with van der Waals surface area (Å²) < 4.78 is 5.75. The van der Waals surface area contributed by atoms with Gasteiger partial charge in [0.25, 0.3) is 5.91 Å². The molecule has 2 aromatic rings. The zero-order chi connectivity index (χ0) is 34.9. The first-order chi connectivity index (χ1) is 22.2. The second-order valence-electron chi connectivity index (χ2n) is 13.6. The van der Waals surface area contributed by atoms with Crippen molar-refractivity contribution in [2.24, 2.45) is 17.8 Å². The first-order valence-corrected chi connectivity index (χ1v) is 17.7. The molecule has 0 radical (unpaired) electrons. The van der Waals surface area contributed by atoms with Crippen LogP contribution < -0.4 is 5.32 Å². The quantitative estimate of drug-likeness (QED) is 0.224. The molecule has 2 N–H and O–H groups in total. The van der Waals surface area contributed by atoms with Crippen LogP contribution >= 0.6 is 11.3 Å². The standard InChI is InChI=1S/C36H54N4O6S/c1-9-24(4)28(19-32(43)36(6)16-13-17-39(36)7)35(45)40(8)30(23(2)3)20-31(46-25(5)42)34-38-29(22-47-34)33(44)37-27(21-41)18-26-14-11-10-12-15-26/h10-12,14-15,22-24,27-28,30-31,41H,9,13,16-21H2,1-8H3,(H,37,44)/t24-,27?,28-,30+,31+,36+/m0/s1. The minimum Gasteiger partial charge on any atom is -0.455 e. The van der Waals surface area contributed by atoms with Gasteiger partial charge in [-0.3, -0.25) is 24.1 Å². The molecule has 3 rings (SSSR count). The zero-order valence-corrected chi connectivity index (χ0v) is 30.1. The van der Waals surface area contributed by atoms with Gasteiger partial charge in [-0.1, -0.05) is 64.4 Å². The third-order valence-corrected chi connectivity index (χ3v) is 10.9. The van der Waals surface area contributed by atoms with Crippen LogP contribution in [0.4, 0.5) is 0 Å². The fourth-order valence-corrected chi connectivity index (χ4v) is 7.31. The van der Waals surface area contributed by atoms with Crippen molar-refractivity contribution >= 4 is 34.9 Å².